The maximum Gasteiger partial charge on any atom is 0.0543 e. The molecule has 0 radical (unpaired) electrons. The molecule has 1 unspecified atom stereocenters. The highest BCUT2D eigenvalue weighted by molar-refractivity contribution is 5.99. The molecular formula is C58H41N. The zero-order valence-corrected chi connectivity index (χ0v) is 32.9. The molecule has 0 saturated heterocycles. The van der Waals surface area contributed by atoms with Gasteiger partial charge in [-0.15, -0.1) is 0 Å². The minimum absolute atomic E-state index is 0.296. The highest BCUT2D eigenvalue weighted by Crippen LogP contribution is 2.56. The van der Waals surface area contributed by atoms with Gasteiger partial charge in [0.15, 0.2) is 0 Å². The van der Waals surface area contributed by atoms with Crippen molar-refractivity contribution in [3.05, 3.63) is 247 Å². The van der Waals surface area contributed by atoms with Gasteiger partial charge in [-0.3, -0.25) is 0 Å². The molecule has 10 aromatic carbocycles. The molecule has 10 aromatic rings. The third-order valence-electron chi connectivity index (χ3n) is 12.6. The first kappa shape index (κ1) is 34.7. The maximum atomic E-state index is 2.45. The molecule has 0 bridgehead atoms. The van der Waals surface area contributed by atoms with Crippen LogP contribution in [0.2, 0.25) is 0 Å². The summed E-state index contributed by atoms with van der Waals surface area (Å²) in [5, 5.41) is 5.03. The Balaban J connectivity index is 1.02. The summed E-state index contributed by atoms with van der Waals surface area (Å²) in [6.45, 7) is 2.39. The van der Waals surface area contributed by atoms with Crippen LogP contribution in [0.5, 0.6) is 0 Å². The van der Waals surface area contributed by atoms with E-state index in [2.05, 4.69) is 242 Å². The third kappa shape index (κ3) is 5.86. The number of rotatable bonds is 7. The number of benzene rings is 10. The van der Waals surface area contributed by atoms with Crippen molar-refractivity contribution in [2.75, 3.05) is 4.90 Å². The fraction of sp³-hybridized carbons (Fsp3) is 0.0345. The quantitative estimate of drug-likeness (QED) is 0.157. The summed E-state index contributed by atoms with van der Waals surface area (Å²) in [6, 6.07) is 84.5. The van der Waals surface area contributed by atoms with Crippen LogP contribution >= 0.6 is 0 Å². The Hall–Kier alpha value is -7.48. The predicted molar refractivity (Wildman–Crippen MR) is 250 cm³/mol. The van der Waals surface area contributed by atoms with E-state index in [1.54, 1.807) is 0 Å². The number of anilines is 3. The summed E-state index contributed by atoms with van der Waals surface area (Å²) >= 11 is 0. The molecule has 0 spiro atoms. The fourth-order valence-corrected chi connectivity index (χ4v) is 9.51. The molecule has 0 aliphatic heterocycles. The topological polar surface area (TPSA) is 3.24 Å². The van der Waals surface area contributed by atoms with E-state index in [1.807, 2.05) is 0 Å². The van der Waals surface area contributed by atoms with E-state index in [-0.39, 0.29) is 5.41 Å². The van der Waals surface area contributed by atoms with Crippen LogP contribution in [-0.4, -0.2) is 0 Å². The summed E-state index contributed by atoms with van der Waals surface area (Å²) in [4.78, 5) is 2.45. The zero-order chi connectivity index (χ0) is 39.3. The van der Waals surface area contributed by atoms with E-state index in [0.717, 1.165) is 11.4 Å². The Morgan fingerprint density at radius 1 is 0.339 bits per heavy atom. The van der Waals surface area contributed by atoms with Gasteiger partial charge in [0.1, 0.15) is 0 Å². The van der Waals surface area contributed by atoms with Gasteiger partial charge in [-0.1, -0.05) is 194 Å². The summed E-state index contributed by atoms with van der Waals surface area (Å²) in [5.74, 6) is 0. The zero-order valence-electron chi connectivity index (χ0n) is 32.9. The summed E-state index contributed by atoms with van der Waals surface area (Å²) in [5.41, 5.74) is 16.9. The standard InChI is InChI=1S/C58H41N/c1-58(48-17-3-2-4-18-48)54-22-10-9-20-53(54)57-55(58)23-12-24-56(57)59(50-37-33-45(34-38-50)52-21-11-16-44-14-7-8-19-51(44)52)49-35-31-42(32-36-49)41-25-27-43(28-26-41)47-30-29-40-13-5-6-15-46(40)39-47/h2-39H,1H3. The summed E-state index contributed by atoms with van der Waals surface area (Å²) in [6.07, 6.45) is 0. The van der Waals surface area contributed by atoms with E-state index < -0.39 is 0 Å². The highest BCUT2D eigenvalue weighted by atomic mass is 15.1. The molecule has 0 amide bonds. The first-order valence-corrected chi connectivity index (χ1v) is 20.5. The van der Waals surface area contributed by atoms with Crippen LogP contribution in [-0.2, 0) is 5.41 Å². The van der Waals surface area contributed by atoms with E-state index in [1.165, 1.54) is 88.4 Å². The lowest BCUT2D eigenvalue weighted by Gasteiger charge is -2.30. The lowest BCUT2D eigenvalue weighted by Crippen LogP contribution is -2.22. The second-order valence-corrected chi connectivity index (χ2v) is 15.8. The summed E-state index contributed by atoms with van der Waals surface area (Å²) in [7, 11) is 0. The van der Waals surface area contributed by atoms with E-state index in [9.17, 15) is 0 Å². The number of hydrogen-bond donors (Lipinski definition) is 0. The normalized spacial score (nSPS) is 14.3. The second-order valence-electron chi connectivity index (χ2n) is 15.8. The molecule has 0 aromatic heterocycles. The number of nitrogens with zero attached hydrogens (tertiary/aromatic N) is 1. The van der Waals surface area contributed by atoms with Gasteiger partial charge in [0.05, 0.1) is 5.69 Å². The molecule has 1 aliphatic carbocycles. The third-order valence-corrected chi connectivity index (χ3v) is 12.6. The molecule has 0 saturated carbocycles. The minimum Gasteiger partial charge on any atom is -0.310 e. The van der Waals surface area contributed by atoms with Gasteiger partial charge in [-0.05, 0) is 121 Å². The van der Waals surface area contributed by atoms with Crippen LogP contribution < -0.4 is 4.90 Å². The second kappa shape index (κ2) is 14.2. The number of fused-ring (bicyclic) bond motifs is 5. The van der Waals surface area contributed by atoms with Crippen molar-refractivity contribution in [3.63, 3.8) is 0 Å². The van der Waals surface area contributed by atoms with Crippen LogP contribution in [0.15, 0.2) is 231 Å². The molecule has 1 nitrogen and oxygen atoms in total. The fourth-order valence-electron chi connectivity index (χ4n) is 9.51. The smallest absolute Gasteiger partial charge is 0.0543 e. The van der Waals surface area contributed by atoms with Gasteiger partial charge >= 0.3 is 0 Å². The van der Waals surface area contributed by atoms with Crippen molar-refractivity contribution in [1.29, 1.82) is 0 Å². The lowest BCUT2D eigenvalue weighted by molar-refractivity contribution is 0.714. The SMILES string of the molecule is CC1(c2ccccc2)c2ccccc2-c2c(N(c3ccc(-c4ccc(-c5ccc6ccccc6c5)cc4)cc3)c3ccc(-c4cccc5ccccc45)cc3)cccc21. The van der Waals surface area contributed by atoms with Crippen molar-refractivity contribution in [3.8, 4) is 44.5 Å². The van der Waals surface area contributed by atoms with Crippen molar-refractivity contribution < 1.29 is 0 Å². The minimum atomic E-state index is -0.296. The Morgan fingerprint density at radius 2 is 0.847 bits per heavy atom. The summed E-state index contributed by atoms with van der Waals surface area (Å²) < 4.78 is 0. The average molecular weight is 752 g/mol. The van der Waals surface area contributed by atoms with Crippen molar-refractivity contribution in [2.45, 2.75) is 12.3 Å². The Labute approximate surface area is 346 Å². The van der Waals surface area contributed by atoms with E-state index in [4.69, 9.17) is 0 Å². The Bertz CT molecular complexity index is 3140. The van der Waals surface area contributed by atoms with Crippen molar-refractivity contribution in [1.82, 2.24) is 0 Å². The van der Waals surface area contributed by atoms with E-state index in [0.29, 0.717) is 0 Å². The molecule has 278 valence electrons. The molecule has 59 heavy (non-hydrogen) atoms. The maximum absolute atomic E-state index is 2.45. The molecule has 0 N–H and O–H groups in total. The van der Waals surface area contributed by atoms with Gasteiger partial charge in [-0.25, -0.2) is 0 Å². The van der Waals surface area contributed by atoms with Gasteiger partial charge < -0.3 is 4.90 Å². The predicted octanol–water partition coefficient (Wildman–Crippen LogP) is 15.8. The van der Waals surface area contributed by atoms with Crippen LogP contribution in [0.1, 0.15) is 23.6 Å². The van der Waals surface area contributed by atoms with Gasteiger partial charge in [0.2, 0.25) is 0 Å². The average Bonchev–Trinajstić information content (AvgIpc) is 3.58. The molecular weight excluding hydrogens is 711 g/mol. The molecule has 0 heterocycles. The lowest BCUT2D eigenvalue weighted by atomic mass is 9.74. The van der Waals surface area contributed by atoms with Crippen LogP contribution in [0, 0.1) is 0 Å². The number of hydrogen-bond acceptors (Lipinski definition) is 1. The van der Waals surface area contributed by atoms with Crippen LogP contribution in [0.4, 0.5) is 17.1 Å². The van der Waals surface area contributed by atoms with Crippen LogP contribution in [0.3, 0.4) is 0 Å². The first-order valence-electron chi connectivity index (χ1n) is 20.5. The molecule has 11 rings (SSSR count). The van der Waals surface area contributed by atoms with Gasteiger partial charge in [-0.2, -0.15) is 0 Å². The van der Waals surface area contributed by atoms with Crippen molar-refractivity contribution in [2.24, 2.45) is 0 Å². The molecule has 1 atom stereocenters. The first-order chi connectivity index (χ1) is 29.1. The van der Waals surface area contributed by atoms with E-state index >= 15 is 0 Å². The molecule has 0 fully saturated rings. The van der Waals surface area contributed by atoms with Crippen molar-refractivity contribution >= 4 is 38.6 Å². The van der Waals surface area contributed by atoms with Gasteiger partial charge in [0, 0.05) is 22.4 Å². The van der Waals surface area contributed by atoms with Crippen LogP contribution in [0.25, 0.3) is 66.1 Å². The molecule has 1 aliphatic rings. The monoisotopic (exact) mass is 751 g/mol. The molecule has 1 heteroatoms. The largest absolute Gasteiger partial charge is 0.310 e. The Morgan fingerprint density at radius 3 is 1.59 bits per heavy atom. The highest BCUT2D eigenvalue weighted by Gasteiger charge is 2.42. The Kier molecular flexibility index (Phi) is 8.34. The van der Waals surface area contributed by atoms with Gasteiger partial charge in [0.25, 0.3) is 0 Å².